The molecule has 0 bridgehead atoms. The Morgan fingerprint density at radius 3 is 1.24 bits per heavy atom. The quantitative estimate of drug-likeness (QED) is 0.0374. The van der Waals surface area contributed by atoms with Crippen LogP contribution in [0.3, 0.4) is 0 Å². The van der Waals surface area contributed by atoms with Crippen LogP contribution in [0.1, 0.15) is 189 Å². The third kappa shape index (κ3) is 23.3. The van der Waals surface area contributed by atoms with Crippen LogP contribution in [0.15, 0.2) is 91.8 Å². The first-order chi connectivity index (χ1) is 57.5. The van der Waals surface area contributed by atoms with Gasteiger partial charge in [-0.05, 0) is 120 Å². The number of anilines is 4. The van der Waals surface area contributed by atoms with E-state index < -0.39 is 132 Å². The minimum atomic E-state index is -4.51. The summed E-state index contributed by atoms with van der Waals surface area (Å²) in [6.45, 7) is 21.7. The van der Waals surface area contributed by atoms with E-state index in [1.54, 1.807) is 58.4 Å². The highest BCUT2D eigenvalue weighted by Gasteiger charge is 2.44. The van der Waals surface area contributed by atoms with Gasteiger partial charge in [-0.15, -0.1) is 5.10 Å². The summed E-state index contributed by atoms with van der Waals surface area (Å²) in [5, 5.41) is 35.9. The van der Waals surface area contributed by atoms with Crippen molar-refractivity contribution in [2.75, 3.05) is 34.4 Å². The second-order valence-electron chi connectivity index (χ2n) is 30.3. The lowest BCUT2D eigenvalue weighted by Crippen LogP contribution is -2.46. The van der Waals surface area contributed by atoms with Crippen molar-refractivity contribution in [3.8, 4) is 12.1 Å². The van der Waals surface area contributed by atoms with E-state index >= 15 is 0 Å². The van der Waals surface area contributed by atoms with Crippen molar-refractivity contribution < 1.29 is 104 Å². The zero-order chi connectivity index (χ0) is 91.0. The number of carbonyl (C=O) groups excluding carboxylic acids is 8. The molecule has 28 nitrogen and oxygen atoms in total. The van der Waals surface area contributed by atoms with Gasteiger partial charge in [-0.25, -0.2) is 70.0 Å². The number of nitrogens with zero attached hydrogens (tertiary/aromatic N) is 16. The Labute approximate surface area is 700 Å². The Hall–Kier alpha value is -13.2. The van der Waals surface area contributed by atoms with E-state index in [9.17, 15) is 104 Å². The van der Waals surface area contributed by atoms with Crippen LogP contribution in [-0.4, -0.2) is 160 Å². The van der Waals surface area contributed by atoms with E-state index in [1.165, 1.54) is 99.9 Å². The summed E-state index contributed by atoms with van der Waals surface area (Å²) >= 11 is 0. The minimum absolute atomic E-state index is 0. The normalized spacial score (nSPS) is 16.9. The van der Waals surface area contributed by atoms with Crippen LogP contribution in [0.2, 0.25) is 0 Å². The maximum atomic E-state index is 13.5. The topological polar surface area (TPSA) is 334 Å². The molecule has 8 aromatic rings. The minimum Gasteiger partial charge on any atom is -0.330 e. The van der Waals surface area contributed by atoms with Crippen LogP contribution in [0.4, 0.5) is 113 Å². The lowest BCUT2D eigenvalue weighted by molar-refractivity contribution is -0.169. The van der Waals surface area contributed by atoms with Gasteiger partial charge in [0.1, 0.15) is 52.5 Å². The molecule has 0 aliphatic carbocycles. The second-order valence-corrected chi connectivity index (χ2v) is 30.3. The van der Waals surface area contributed by atoms with Crippen molar-refractivity contribution in [2.24, 2.45) is 23.7 Å². The molecule has 8 atom stereocenters. The second kappa shape index (κ2) is 39.3. The number of Topliss-reactive ketones (excluding diaryl/α,β-unsaturated/α-hetero) is 4. The van der Waals surface area contributed by atoms with Gasteiger partial charge in [0.25, 0.3) is 0 Å². The smallest absolute Gasteiger partial charge is 0.330 e. The van der Waals surface area contributed by atoms with Crippen molar-refractivity contribution >= 4 is 75.7 Å². The fourth-order valence-corrected chi connectivity index (χ4v) is 13.3. The van der Waals surface area contributed by atoms with Crippen LogP contribution < -0.4 is 21.3 Å². The number of imidazole rings is 3. The number of nitrogens with one attached hydrogen (secondary N) is 4. The zero-order valence-electron chi connectivity index (χ0n) is 67.4. The number of urea groups is 4. The largest absolute Gasteiger partial charge is 0.391 e. The van der Waals surface area contributed by atoms with E-state index in [2.05, 4.69) is 51.4 Å². The molecule has 43 heteroatoms. The number of fused-ring (bicyclic) bond motifs is 4. The molecular weight excluding hydrogens is 1670 g/mol. The fraction of sp³-hybridized carbons (Fsp3) is 0.432. The summed E-state index contributed by atoms with van der Waals surface area (Å²) in [4.78, 5) is 122. The van der Waals surface area contributed by atoms with Crippen LogP contribution in [0.25, 0.3) is 4.85 Å². The number of rotatable bonds is 17. The molecule has 4 aliphatic rings. The van der Waals surface area contributed by atoms with E-state index in [4.69, 9.17) is 17.1 Å². The lowest BCUT2D eigenvalue weighted by atomic mass is 9.96. The van der Waals surface area contributed by atoms with Crippen molar-refractivity contribution in [1.29, 1.82) is 10.5 Å². The van der Waals surface area contributed by atoms with E-state index in [-0.39, 0.29) is 145 Å². The van der Waals surface area contributed by atoms with Gasteiger partial charge in [-0.2, -0.15) is 50.0 Å². The summed E-state index contributed by atoms with van der Waals surface area (Å²) in [5.74, 6) is -14.8. The molecule has 0 spiro atoms. The molecule has 4 aromatic heterocycles. The maximum absolute atomic E-state index is 13.5. The van der Waals surface area contributed by atoms with Crippen molar-refractivity contribution in [1.82, 2.24) is 63.2 Å². The first kappa shape index (κ1) is 96.3. The average Bonchev–Trinajstić information content (AvgIpc) is 1.63. The summed E-state index contributed by atoms with van der Waals surface area (Å²) in [7, 11) is 0. The molecule has 4 N–H and O–H groups in total. The number of ketones is 4. The average molecular weight is 1750 g/mol. The van der Waals surface area contributed by atoms with Gasteiger partial charge < -0.3 is 54.6 Å². The van der Waals surface area contributed by atoms with Gasteiger partial charge in [0.05, 0.1) is 109 Å². The molecule has 4 aliphatic heterocycles. The van der Waals surface area contributed by atoms with E-state index in [1.807, 2.05) is 6.92 Å². The molecule has 0 saturated heterocycles. The highest BCUT2D eigenvalue weighted by atomic mass is 19.4. The van der Waals surface area contributed by atoms with Crippen LogP contribution in [-0.2, 0) is 39.3 Å². The molecule has 1 unspecified atom stereocenters. The molecule has 0 saturated carbocycles. The number of amides is 8. The molecule has 12 rings (SSSR count). The van der Waals surface area contributed by atoms with Gasteiger partial charge >= 0.3 is 42.7 Å². The number of nitriles is 2. The Morgan fingerprint density at radius 1 is 0.468 bits per heavy atom. The third-order valence-electron chi connectivity index (χ3n) is 20.8. The van der Waals surface area contributed by atoms with E-state index in [0.717, 1.165) is 45.9 Å². The van der Waals surface area contributed by atoms with Gasteiger partial charge in [-0.1, -0.05) is 40.3 Å². The van der Waals surface area contributed by atoms with Gasteiger partial charge in [0, 0.05) is 98.7 Å². The number of hydrogen-bond donors (Lipinski definition) is 4. The Bertz CT molecular complexity index is 5290. The fourth-order valence-electron chi connectivity index (χ4n) is 13.3. The van der Waals surface area contributed by atoms with Crippen LogP contribution in [0, 0.1) is 83.1 Å². The van der Waals surface area contributed by atoms with Gasteiger partial charge in [-0.3, -0.25) is 19.2 Å². The molecular formula is C81H85F15N20O8. The zero-order valence-corrected chi connectivity index (χ0v) is 67.4. The molecule has 0 fully saturated rings. The first-order valence-electron chi connectivity index (χ1n) is 37.9. The summed E-state index contributed by atoms with van der Waals surface area (Å²) in [5.41, 5.74) is 2.01. The number of halogens is 15. The van der Waals surface area contributed by atoms with Crippen LogP contribution in [0.5, 0.6) is 0 Å². The van der Waals surface area contributed by atoms with Gasteiger partial charge in [0.2, 0.25) is 11.6 Å². The number of alkyl halides is 11. The lowest BCUT2D eigenvalue weighted by Gasteiger charge is -2.34. The Balaban J connectivity index is 0.000000204. The van der Waals surface area contributed by atoms with Gasteiger partial charge in [0.15, 0.2) is 28.8 Å². The highest BCUT2D eigenvalue weighted by Crippen LogP contribution is 2.37. The molecule has 662 valence electrons. The first-order valence-corrected chi connectivity index (χ1v) is 37.9. The predicted molar refractivity (Wildman–Crippen MR) is 417 cm³/mol. The molecule has 8 heterocycles. The Kier molecular flexibility index (Phi) is 30.6. The number of aryl methyl sites for hydroxylation is 1. The van der Waals surface area contributed by atoms with Crippen LogP contribution >= 0.6 is 0 Å². The van der Waals surface area contributed by atoms with Crippen molar-refractivity contribution in [3.05, 3.63) is 189 Å². The molecule has 8 amide bonds. The summed E-state index contributed by atoms with van der Waals surface area (Å²) in [6.07, 6.45) is -11.8. The predicted octanol–water partition coefficient (Wildman–Crippen LogP) is 18.0. The standard InChI is InChI=1S/C21H25F3N4O2.2C20H19F4N5O2.C19H18F4N6O2.CH4/c1-12-7-15(5-6-16(12)22)26-20(30)28-10-17-19(25-11-27(17)9-14(28)3)18(29)8-13(2)21(4,23)24;1-11(20(22,23)24)5-17(30)18-16-9-29(12(2)8-28(16)10-26-18)19(31)27-14-3-4-15(21)13(6-14)7-25;1-11(20(22,23)24)5-17(30)18-16-9-28(8-12(2)29(16)10-26-18)19(31)27-14-3-4-15(21)13(6-14)7-25;1-10(19(21,22)23)6-16(30)17-15-9-28(8-11(2)29(15)27-26-17)18(31)25-12-4-5-13(20)14(7-12)24-3;/h5-7,11,13-14H,8-10H2,1-4H3,(H,26,30);2*3-4,6,10-12H,5,8-9H2,1-2H3,(H,27,31);4-5,7,10-11H,6,8-9H2,1-2H3,(H,25,31);1H4/t13-,14-;2*11-,12-;10-,11?;/m0100./s1. The molecule has 0 radical (unpaired) electrons. The van der Waals surface area contributed by atoms with E-state index in [0.29, 0.717) is 41.4 Å². The van der Waals surface area contributed by atoms with Crippen molar-refractivity contribution in [2.45, 2.75) is 190 Å². The number of hydrogen-bond acceptors (Lipinski definition) is 15. The monoisotopic (exact) mass is 1750 g/mol. The molecule has 4 aromatic carbocycles. The SMILES string of the molecule is C.C[C@@H]1Cn2cnc(C(=O)C[C@@H](C)C(F)(F)F)c2CN1C(=O)Nc1ccc(F)c(C#N)c1.C[C@H]1CN(C(=O)Nc2ccc(F)c(C#N)c2)Cc2c(C(=O)C[C@H](C)C(F)(F)F)ncn21.Cc1cc(NC(=O)N2Cc3c(C(=O)C[C@H](C)C(C)(F)F)ncn3C[C@@H]2C)ccc1F.[C-]#[N+]c1cc(NC(=O)N2Cc3c(C(=O)C[C@H](C)C(F)(F)F)nnn3C(C)C2)ccc1F. The summed E-state index contributed by atoms with van der Waals surface area (Å²) < 4.78 is 203. The summed E-state index contributed by atoms with van der Waals surface area (Å²) in [6, 6.07) is 15.1. The number of benzene rings is 4. The van der Waals surface area contributed by atoms with Crippen molar-refractivity contribution in [3.63, 3.8) is 0 Å². The maximum Gasteiger partial charge on any atom is 0.391 e. The highest BCUT2D eigenvalue weighted by molar-refractivity contribution is 5.99. The third-order valence-corrected chi connectivity index (χ3v) is 20.8. The Morgan fingerprint density at radius 2 is 0.831 bits per heavy atom. The number of aromatic nitrogens is 9. The number of carbonyl (C=O) groups is 8. The molecule has 124 heavy (non-hydrogen) atoms.